The lowest BCUT2D eigenvalue weighted by Crippen LogP contribution is -2.22. The molecule has 2 heterocycles. The molecule has 1 aliphatic rings. The summed E-state index contributed by atoms with van der Waals surface area (Å²) in [6.07, 6.45) is 9.21. The van der Waals surface area contributed by atoms with Gasteiger partial charge in [0.1, 0.15) is 12.1 Å². The van der Waals surface area contributed by atoms with Crippen LogP contribution in [0.15, 0.2) is 84.1 Å². The van der Waals surface area contributed by atoms with E-state index in [0.29, 0.717) is 23.0 Å². The lowest BCUT2D eigenvalue weighted by atomic mass is 9.95. The van der Waals surface area contributed by atoms with E-state index in [9.17, 15) is 4.39 Å². The van der Waals surface area contributed by atoms with Gasteiger partial charge in [-0.2, -0.15) is 0 Å². The quantitative estimate of drug-likeness (QED) is 0.252. The Morgan fingerprint density at radius 3 is 2.57 bits per heavy atom. The van der Waals surface area contributed by atoms with E-state index in [1.807, 2.05) is 48.5 Å². The van der Waals surface area contributed by atoms with Gasteiger partial charge in [-0.25, -0.2) is 19.3 Å². The molecule has 1 saturated carbocycles. The summed E-state index contributed by atoms with van der Waals surface area (Å²) in [5.41, 5.74) is 1.97. The Labute approximate surface area is 208 Å². The highest BCUT2D eigenvalue weighted by Crippen LogP contribution is 2.33. The zero-order valence-corrected chi connectivity index (χ0v) is 20.0. The fraction of sp³-hybridized carbons (Fsp3) is 0.222. The van der Waals surface area contributed by atoms with Gasteiger partial charge in [-0.1, -0.05) is 37.5 Å². The van der Waals surface area contributed by atoms with Gasteiger partial charge in [0.2, 0.25) is 5.88 Å². The molecule has 178 valence electrons. The molecule has 2 aromatic carbocycles. The first kappa shape index (κ1) is 23.1. The van der Waals surface area contributed by atoms with Crippen LogP contribution in [0.25, 0.3) is 11.3 Å². The maximum absolute atomic E-state index is 14.9. The Kier molecular flexibility index (Phi) is 7.38. The van der Waals surface area contributed by atoms with Crippen LogP contribution in [0.1, 0.15) is 32.1 Å². The summed E-state index contributed by atoms with van der Waals surface area (Å²) in [4.78, 5) is 14.2. The molecule has 0 spiro atoms. The highest BCUT2D eigenvalue weighted by atomic mass is 32.2. The minimum atomic E-state index is -0.484. The van der Waals surface area contributed by atoms with Gasteiger partial charge in [0, 0.05) is 35.0 Å². The molecule has 0 amide bonds. The molecule has 0 aliphatic heterocycles. The first-order chi connectivity index (χ1) is 17.2. The summed E-state index contributed by atoms with van der Waals surface area (Å²) < 4.78 is 23.9. The molecule has 0 unspecified atom stereocenters. The molecular weight excluding hydrogens is 461 g/mol. The molecule has 0 atom stereocenters. The minimum absolute atomic E-state index is 0.0924. The molecule has 0 saturated heterocycles. The molecule has 5 rings (SSSR count). The number of pyridine rings is 1. The Morgan fingerprint density at radius 2 is 1.74 bits per heavy atom. The second kappa shape index (κ2) is 11.2. The fourth-order valence-corrected chi connectivity index (χ4v) is 4.72. The number of hydrogen-bond acceptors (Lipinski definition) is 7. The van der Waals surface area contributed by atoms with E-state index in [4.69, 9.17) is 4.74 Å². The van der Waals surface area contributed by atoms with Gasteiger partial charge < -0.3 is 14.8 Å². The van der Waals surface area contributed by atoms with Crippen LogP contribution in [0, 0.1) is 5.82 Å². The molecule has 8 heteroatoms. The number of benzene rings is 2. The molecule has 6 nitrogen and oxygen atoms in total. The van der Waals surface area contributed by atoms with Crippen LogP contribution >= 0.6 is 11.9 Å². The van der Waals surface area contributed by atoms with E-state index in [-0.39, 0.29) is 11.6 Å². The van der Waals surface area contributed by atoms with E-state index >= 15 is 0 Å². The van der Waals surface area contributed by atoms with Crippen molar-refractivity contribution in [2.24, 2.45) is 0 Å². The lowest BCUT2D eigenvalue weighted by Gasteiger charge is -2.23. The van der Waals surface area contributed by atoms with Crippen molar-refractivity contribution in [2.45, 2.75) is 43.0 Å². The zero-order chi connectivity index (χ0) is 23.9. The molecular formula is C27H26FN5OS. The van der Waals surface area contributed by atoms with Crippen molar-refractivity contribution in [2.75, 3.05) is 10.0 Å². The Bertz CT molecular complexity index is 1270. The third-order valence-corrected chi connectivity index (χ3v) is 6.69. The highest BCUT2D eigenvalue weighted by molar-refractivity contribution is 8.00. The number of ether oxygens (including phenoxy) is 1. The Balaban J connectivity index is 1.31. The Morgan fingerprint density at radius 1 is 0.886 bits per heavy atom. The van der Waals surface area contributed by atoms with Gasteiger partial charge in [0.25, 0.3) is 0 Å². The minimum Gasteiger partial charge on any atom is -0.435 e. The van der Waals surface area contributed by atoms with Gasteiger partial charge in [-0.05, 0) is 61.2 Å². The van der Waals surface area contributed by atoms with E-state index in [2.05, 4.69) is 25.0 Å². The number of anilines is 2. The molecule has 1 fully saturated rings. The standard InChI is InChI=1S/C27H26FN5OS/c28-23-16-20(33-35-21-10-5-2-6-11-21)13-14-25(23)34-27-22(12-7-15-29-27)24-17-26(31-18-30-24)32-19-8-3-1-4-9-19/h2,5-7,10-19,33H,1,3-4,8-9H2,(H,30,31,32). The van der Waals surface area contributed by atoms with E-state index < -0.39 is 5.82 Å². The lowest BCUT2D eigenvalue weighted by molar-refractivity contribution is 0.429. The zero-order valence-electron chi connectivity index (χ0n) is 19.2. The van der Waals surface area contributed by atoms with Gasteiger partial charge in [0.05, 0.1) is 11.3 Å². The third-order valence-electron chi connectivity index (χ3n) is 5.84. The van der Waals surface area contributed by atoms with E-state index in [0.717, 1.165) is 23.6 Å². The number of halogens is 1. The number of nitrogens with one attached hydrogen (secondary N) is 2. The van der Waals surface area contributed by atoms with Crippen molar-refractivity contribution in [3.63, 3.8) is 0 Å². The molecule has 2 N–H and O–H groups in total. The maximum Gasteiger partial charge on any atom is 0.228 e. The van der Waals surface area contributed by atoms with Crippen LogP contribution in [0.2, 0.25) is 0 Å². The summed E-state index contributed by atoms with van der Waals surface area (Å²) >= 11 is 1.42. The molecule has 0 bridgehead atoms. The van der Waals surface area contributed by atoms with Gasteiger partial charge >= 0.3 is 0 Å². The summed E-state index contributed by atoms with van der Waals surface area (Å²) in [5.74, 6) is 0.666. The van der Waals surface area contributed by atoms with E-state index in [1.165, 1.54) is 43.6 Å². The normalized spacial score (nSPS) is 13.9. The monoisotopic (exact) mass is 487 g/mol. The third kappa shape index (κ3) is 6.08. The number of rotatable bonds is 8. The predicted octanol–water partition coefficient (Wildman–Crippen LogP) is 7.33. The van der Waals surface area contributed by atoms with Crippen molar-refractivity contribution in [1.29, 1.82) is 0 Å². The Hall–Kier alpha value is -3.65. The SMILES string of the molecule is Fc1cc(NSc2ccccc2)ccc1Oc1ncccc1-c1cc(NC2CCCCC2)ncn1. The summed E-state index contributed by atoms with van der Waals surface area (Å²) in [6, 6.07) is 20.6. The second-order valence-corrected chi connectivity index (χ2v) is 9.27. The van der Waals surface area contributed by atoms with E-state index in [1.54, 1.807) is 18.3 Å². The highest BCUT2D eigenvalue weighted by Gasteiger charge is 2.16. The van der Waals surface area contributed by atoms with Crippen molar-refractivity contribution < 1.29 is 9.13 Å². The van der Waals surface area contributed by atoms with Crippen LogP contribution in [0.3, 0.4) is 0 Å². The first-order valence-corrected chi connectivity index (χ1v) is 12.6. The van der Waals surface area contributed by atoms with Crippen LogP contribution in [-0.2, 0) is 0 Å². The van der Waals surface area contributed by atoms with Crippen molar-refractivity contribution in [3.05, 3.63) is 85.1 Å². The summed E-state index contributed by atoms with van der Waals surface area (Å²) in [7, 11) is 0. The maximum atomic E-state index is 14.9. The molecule has 0 radical (unpaired) electrons. The molecule has 4 aromatic rings. The topological polar surface area (TPSA) is 72.0 Å². The molecule has 2 aromatic heterocycles. The van der Waals surface area contributed by atoms with Gasteiger partial charge in [0.15, 0.2) is 11.6 Å². The van der Waals surface area contributed by atoms with Crippen LogP contribution < -0.4 is 14.8 Å². The summed E-state index contributed by atoms with van der Waals surface area (Å²) in [6.45, 7) is 0. The summed E-state index contributed by atoms with van der Waals surface area (Å²) in [5, 5.41) is 3.52. The van der Waals surface area contributed by atoms with Crippen molar-refractivity contribution >= 4 is 23.5 Å². The number of aromatic nitrogens is 3. The average Bonchev–Trinajstić information content (AvgIpc) is 2.90. The van der Waals surface area contributed by atoms with Gasteiger partial charge in [-0.3, -0.25) is 0 Å². The van der Waals surface area contributed by atoms with Gasteiger partial charge in [-0.15, -0.1) is 0 Å². The van der Waals surface area contributed by atoms with Crippen LogP contribution in [0.5, 0.6) is 11.6 Å². The van der Waals surface area contributed by atoms with Crippen LogP contribution in [-0.4, -0.2) is 21.0 Å². The molecule has 35 heavy (non-hydrogen) atoms. The van der Waals surface area contributed by atoms with Crippen molar-refractivity contribution in [1.82, 2.24) is 15.0 Å². The van der Waals surface area contributed by atoms with Crippen LogP contribution in [0.4, 0.5) is 15.9 Å². The molecule has 1 aliphatic carbocycles. The number of hydrogen-bond donors (Lipinski definition) is 2. The smallest absolute Gasteiger partial charge is 0.228 e. The number of nitrogens with zero attached hydrogens (tertiary/aromatic N) is 3. The second-order valence-electron chi connectivity index (χ2n) is 8.39. The largest absolute Gasteiger partial charge is 0.435 e. The average molecular weight is 488 g/mol. The van der Waals surface area contributed by atoms with Crippen molar-refractivity contribution in [3.8, 4) is 22.9 Å². The fourth-order valence-electron chi connectivity index (χ4n) is 4.06. The first-order valence-electron chi connectivity index (χ1n) is 11.7. The predicted molar refractivity (Wildman–Crippen MR) is 138 cm³/mol.